The molecular formula is C12H21N3O. The molecule has 0 aromatic carbocycles. The predicted octanol–water partition coefficient (Wildman–Crippen LogP) is 2.01. The zero-order valence-corrected chi connectivity index (χ0v) is 10.5. The second kappa shape index (κ2) is 6.43. The van der Waals surface area contributed by atoms with Gasteiger partial charge in [-0.05, 0) is 12.0 Å². The van der Waals surface area contributed by atoms with Gasteiger partial charge < -0.3 is 10.1 Å². The van der Waals surface area contributed by atoms with Crippen molar-refractivity contribution < 1.29 is 4.74 Å². The van der Waals surface area contributed by atoms with Crippen LogP contribution in [-0.4, -0.2) is 22.8 Å². The third-order valence-electron chi connectivity index (χ3n) is 1.95. The lowest BCUT2D eigenvalue weighted by atomic mass is 10.2. The van der Waals surface area contributed by atoms with Crippen LogP contribution < -0.4 is 10.1 Å². The molecule has 0 spiro atoms. The van der Waals surface area contributed by atoms with Gasteiger partial charge in [-0.1, -0.05) is 27.7 Å². The molecule has 0 unspecified atom stereocenters. The zero-order valence-electron chi connectivity index (χ0n) is 10.5. The number of hydrogen-bond acceptors (Lipinski definition) is 4. The first kappa shape index (κ1) is 12.9. The minimum atomic E-state index is 0.457. The fraction of sp³-hybridized carbons (Fsp3) is 0.667. The summed E-state index contributed by atoms with van der Waals surface area (Å²) in [5.74, 6) is 1.10. The number of rotatable bonds is 6. The maximum Gasteiger partial charge on any atom is 0.233 e. The van der Waals surface area contributed by atoms with Crippen LogP contribution in [0.2, 0.25) is 0 Å². The Hall–Kier alpha value is -1.16. The van der Waals surface area contributed by atoms with Crippen LogP contribution in [0.15, 0.2) is 12.1 Å². The molecule has 1 heterocycles. The predicted molar refractivity (Wildman–Crippen MR) is 64.3 cm³/mol. The van der Waals surface area contributed by atoms with E-state index in [1.807, 2.05) is 12.1 Å². The maximum absolute atomic E-state index is 5.45. The lowest BCUT2D eigenvalue weighted by Crippen LogP contribution is -2.22. The van der Waals surface area contributed by atoms with Gasteiger partial charge in [-0.3, -0.25) is 0 Å². The molecule has 0 fully saturated rings. The normalized spacial score (nSPS) is 11.1. The third-order valence-corrected chi connectivity index (χ3v) is 1.95. The third kappa shape index (κ3) is 5.07. The molecule has 1 aromatic rings. The first-order chi connectivity index (χ1) is 7.58. The van der Waals surface area contributed by atoms with E-state index >= 15 is 0 Å². The van der Waals surface area contributed by atoms with Gasteiger partial charge in [-0.25, -0.2) is 0 Å². The topological polar surface area (TPSA) is 47.0 Å². The Bertz CT molecular complexity index is 265. The van der Waals surface area contributed by atoms with Crippen molar-refractivity contribution in [1.82, 2.24) is 15.5 Å². The lowest BCUT2D eigenvalue weighted by molar-refractivity contribution is 0.258. The fourth-order valence-electron chi connectivity index (χ4n) is 1.08. The Balaban J connectivity index is 2.41. The maximum atomic E-state index is 5.45. The van der Waals surface area contributed by atoms with Crippen molar-refractivity contribution >= 4 is 0 Å². The average molecular weight is 223 g/mol. The van der Waals surface area contributed by atoms with Gasteiger partial charge >= 0.3 is 0 Å². The highest BCUT2D eigenvalue weighted by molar-refractivity contribution is 5.11. The monoisotopic (exact) mass is 223 g/mol. The van der Waals surface area contributed by atoms with E-state index in [2.05, 4.69) is 43.2 Å². The summed E-state index contributed by atoms with van der Waals surface area (Å²) in [4.78, 5) is 0. The Morgan fingerprint density at radius 2 is 1.94 bits per heavy atom. The quantitative estimate of drug-likeness (QED) is 0.801. The number of ether oxygens (including phenoxy) is 1. The highest BCUT2D eigenvalue weighted by Crippen LogP contribution is 2.06. The summed E-state index contributed by atoms with van der Waals surface area (Å²) in [5, 5.41) is 11.4. The van der Waals surface area contributed by atoms with Gasteiger partial charge in [0.25, 0.3) is 0 Å². The summed E-state index contributed by atoms with van der Waals surface area (Å²) in [6.07, 6.45) is 0. The molecule has 90 valence electrons. The van der Waals surface area contributed by atoms with Crippen LogP contribution in [0.1, 0.15) is 33.4 Å². The molecule has 0 saturated heterocycles. The van der Waals surface area contributed by atoms with Crippen LogP contribution in [0.4, 0.5) is 0 Å². The van der Waals surface area contributed by atoms with Crippen molar-refractivity contribution in [1.29, 1.82) is 0 Å². The van der Waals surface area contributed by atoms with E-state index < -0.39 is 0 Å². The van der Waals surface area contributed by atoms with Crippen LogP contribution in [-0.2, 0) is 6.54 Å². The highest BCUT2D eigenvalue weighted by Gasteiger charge is 2.01. The first-order valence-corrected chi connectivity index (χ1v) is 5.76. The van der Waals surface area contributed by atoms with Gasteiger partial charge in [-0.2, -0.15) is 5.10 Å². The highest BCUT2D eigenvalue weighted by atomic mass is 16.5. The molecule has 16 heavy (non-hydrogen) atoms. The summed E-state index contributed by atoms with van der Waals surface area (Å²) in [7, 11) is 0. The molecule has 1 rings (SSSR count). The van der Waals surface area contributed by atoms with Gasteiger partial charge in [0, 0.05) is 18.7 Å². The number of nitrogens with one attached hydrogen (secondary N) is 1. The summed E-state index contributed by atoms with van der Waals surface area (Å²) in [6, 6.07) is 4.27. The average Bonchev–Trinajstić information content (AvgIpc) is 2.25. The van der Waals surface area contributed by atoms with Crippen LogP contribution in [0.5, 0.6) is 5.88 Å². The van der Waals surface area contributed by atoms with E-state index in [0.717, 1.165) is 12.2 Å². The first-order valence-electron chi connectivity index (χ1n) is 5.76. The number of hydrogen-bond donors (Lipinski definition) is 1. The summed E-state index contributed by atoms with van der Waals surface area (Å²) in [6.45, 7) is 9.84. The van der Waals surface area contributed by atoms with Gasteiger partial charge in [-0.15, -0.1) is 5.10 Å². The fourth-order valence-corrected chi connectivity index (χ4v) is 1.08. The molecular weight excluding hydrogens is 202 g/mol. The van der Waals surface area contributed by atoms with Gasteiger partial charge in [0.1, 0.15) is 0 Å². The molecule has 0 aliphatic carbocycles. The molecule has 4 heteroatoms. The molecule has 0 aliphatic rings. The Kier molecular flexibility index (Phi) is 5.19. The second-order valence-electron chi connectivity index (χ2n) is 4.60. The molecule has 4 nitrogen and oxygen atoms in total. The summed E-state index contributed by atoms with van der Waals surface area (Å²) >= 11 is 0. The molecule has 1 N–H and O–H groups in total. The second-order valence-corrected chi connectivity index (χ2v) is 4.60. The van der Waals surface area contributed by atoms with E-state index in [-0.39, 0.29) is 0 Å². The van der Waals surface area contributed by atoms with E-state index in [0.29, 0.717) is 24.4 Å². The Labute approximate surface area is 97.4 Å². The summed E-state index contributed by atoms with van der Waals surface area (Å²) < 4.78 is 5.45. The van der Waals surface area contributed by atoms with Crippen LogP contribution >= 0.6 is 0 Å². The van der Waals surface area contributed by atoms with Crippen molar-refractivity contribution in [3.05, 3.63) is 17.8 Å². The van der Waals surface area contributed by atoms with Crippen LogP contribution in [0, 0.1) is 5.92 Å². The van der Waals surface area contributed by atoms with Crippen LogP contribution in [0.25, 0.3) is 0 Å². The molecule has 0 amide bonds. The van der Waals surface area contributed by atoms with E-state index in [4.69, 9.17) is 4.74 Å². The zero-order chi connectivity index (χ0) is 12.0. The van der Waals surface area contributed by atoms with Crippen molar-refractivity contribution in [3.63, 3.8) is 0 Å². The lowest BCUT2D eigenvalue weighted by Gasteiger charge is -2.08. The van der Waals surface area contributed by atoms with E-state index in [1.165, 1.54) is 0 Å². The number of aromatic nitrogens is 2. The largest absolute Gasteiger partial charge is 0.476 e. The molecule has 1 aromatic heterocycles. The SMILES string of the molecule is CC(C)COc1ccc(CNC(C)C)nn1. The van der Waals surface area contributed by atoms with E-state index in [9.17, 15) is 0 Å². The van der Waals surface area contributed by atoms with Gasteiger partial charge in [0.15, 0.2) is 0 Å². The molecule has 0 saturated carbocycles. The Morgan fingerprint density at radius 3 is 2.44 bits per heavy atom. The van der Waals surface area contributed by atoms with Gasteiger partial charge in [0.2, 0.25) is 5.88 Å². The molecule has 0 radical (unpaired) electrons. The Morgan fingerprint density at radius 1 is 1.19 bits per heavy atom. The smallest absolute Gasteiger partial charge is 0.233 e. The minimum Gasteiger partial charge on any atom is -0.476 e. The number of nitrogens with zero attached hydrogens (tertiary/aromatic N) is 2. The molecule has 0 aliphatic heterocycles. The van der Waals surface area contributed by atoms with E-state index in [1.54, 1.807) is 0 Å². The standard InChI is InChI=1S/C12H21N3O/c1-9(2)8-16-12-6-5-11(14-15-12)7-13-10(3)4/h5-6,9-10,13H,7-8H2,1-4H3. The summed E-state index contributed by atoms with van der Waals surface area (Å²) in [5.41, 5.74) is 0.936. The van der Waals surface area contributed by atoms with Crippen molar-refractivity contribution in [2.75, 3.05) is 6.61 Å². The molecule has 0 atom stereocenters. The van der Waals surface area contributed by atoms with Crippen molar-refractivity contribution in [2.24, 2.45) is 5.92 Å². The minimum absolute atomic E-state index is 0.457. The van der Waals surface area contributed by atoms with Crippen molar-refractivity contribution in [2.45, 2.75) is 40.3 Å². The van der Waals surface area contributed by atoms with Gasteiger partial charge in [0.05, 0.1) is 12.3 Å². The van der Waals surface area contributed by atoms with Crippen molar-refractivity contribution in [3.8, 4) is 5.88 Å². The van der Waals surface area contributed by atoms with Crippen LogP contribution in [0.3, 0.4) is 0 Å². The molecule has 0 bridgehead atoms.